The van der Waals surface area contributed by atoms with Gasteiger partial charge in [-0.15, -0.1) is 5.10 Å². The fraction of sp³-hybridized carbons (Fsp3) is 0.235. The van der Waals surface area contributed by atoms with Gasteiger partial charge in [0.15, 0.2) is 0 Å². The minimum absolute atomic E-state index is 0.0733. The molecule has 3 aromatic rings. The molecule has 0 aliphatic carbocycles. The van der Waals surface area contributed by atoms with Gasteiger partial charge in [-0.05, 0) is 54.6 Å². The molecule has 148 valence electrons. The Hall–Kier alpha value is -2.50. The molecule has 1 N–H and O–H groups in total. The lowest BCUT2D eigenvalue weighted by molar-refractivity contribution is -0.127. The molecule has 3 rings (SSSR count). The largest absolute Gasteiger partial charge is 0.382 e. The van der Waals surface area contributed by atoms with Crippen LogP contribution in [-0.4, -0.2) is 54.0 Å². The number of sulfonamides is 1. The predicted molar refractivity (Wildman–Crippen MR) is 107 cm³/mol. The number of carbonyl (C=O) groups excluding carboxylic acids is 1. The number of amides is 1. The summed E-state index contributed by atoms with van der Waals surface area (Å²) < 4.78 is 26.7. The number of nitrogens with zero attached hydrogens (tertiary/aromatic N) is 4. The third-order valence-corrected chi connectivity index (χ3v) is 6.24. The van der Waals surface area contributed by atoms with E-state index >= 15 is 0 Å². The van der Waals surface area contributed by atoms with Crippen molar-refractivity contribution in [1.82, 2.24) is 19.5 Å². The highest BCUT2D eigenvalue weighted by Crippen LogP contribution is 2.19. The first-order chi connectivity index (χ1) is 13.2. The third-order valence-electron chi connectivity index (χ3n) is 3.90. The van der Waals surface area contributed by atoms with Crippen molar-refractivity contribution in [3.8, 4) is 0 Å². The van der Waals surface area contributed by atoms with Crippen LogP contribution in [0.5, 0.6) is 0 Å². The SMILES string of the molecule is CC(On1nnc2ccc(S(=O)(=O)N(C)C)cc21)C(=O)Nc1ccc(Br)cc1. The number of anilines is 1. The van der Waals surface area contributed by atoms with Gasteiger partial charge in [-0.25, -0.2) is 12.7 Å². The first-order valence-corrected chi connectivity index (χ1v) is 10.4. The number of fused-ring (bicyclic) bond motifs is 1. The second-order valence-corrected chi connectivity index (χ2v) is 9.21. The van der Waals surface area contributed by atoms with Crippen molar-refractivity contribution < 1.29 is 18.0 Å². The normalized spacial score (nSPS) is 12.9. The fourth-order valence-corrected chi connectivity index (χ4v) is 3.49. The zero-order valence-corrected chi connectivity index (χ0v) is 17.7. The molecule has 0 fully saturated rings. The van der Waals surface area contributed by atoms with E-state index in [9.17, 15) is 13.2 Å². The van der Waals surface area contributed by atoms with Gasteiger partial charge in [-0.1, -0.05) is 20.8 Å². The topological polar surface area (TPSA) is 106 Å². The molecule has 28 heavy (non-hydrogen) atoms. The second-order valence-electron chi connectivity index (χ2n) is 6.14. The highest BCUT2D eigenvalue weighted by molar-refractivity contribution is 9.10. The van der Waals surface area contributed by atoms with Gasteiger partial charge in [0.05, 0.1) is 4.90 Å². The van der Waals surface area contributed by atoms with Gasteiger partial charge in [0.2, 0.25) is 16.1 Å². The van der Waals surface area contributed by atoms with E-state index in [4.69, 9.17) is 4.84 Å². The molecule has 1 amide bonds. The third kappa shape index (κ3) is 4.16. The summed E-state index contributed by atoms with van der Waals surface area (Å²) in [6, 6.07) is 11.5. The Bertz CT molecular complexity index is 1110. The summed E-state index contributed by atoms with van der Waals surface area (Å²) >= 11 is 3.33. The van der Waals surface area contributed by atoms with Crippen molar-refractivity contribution in [1.29, 1.82) is 0 Å². The van der Waals surface area contributed by atoms with Gasteiger partial charge >= 0.3 is 0 Å². The van der Waals surface area contributed by atoms with Crippen LogP contribution in [-0.2, 0) is 14.8 Å². The minimum Gasteiger partial charge on any atom is -0.382 e. The van der Waals surface area contributed by atoms with E-state index in [1.54, 1.807) is 31.2 Å². The van der Waals surface area contributed by atoms with Gasteiger partial charge in [0.1, 0.15) is 11.0 Å². The molecule has 0 aliphatic rings. The van der Waals surface area contributed by atoms with E-state index in [2.05, 4.69) is 31.6 Å². The van der Waals surface area contributed by atoms with E-state index in [0.717, 1.165) is 13.6 Å². The van der Waals surface area contributed by atoms with Crippen molar-refractivity contribution in [2.24, 2.45) is 0 Å². The first kappa shape index (κ1) is 20.2. The van der Waals surface area contributed by atoms with Crippen LogP contribution in [0.3, 0.4) is 0 Å². The minimum atomic E-state index is -3.63. The van der Waals surface area contributed by atoms with Crippen LogP contribution in [0, 0.1) is 0 Å². The highest BCUT2D eigenvalue weighted by atomic mass is 79.9. The molecule has 1 unspecified atom stereocenters. The number of aromatic nitrogens is 3. The Labute approximate surface area is 170 Å². The maximum absolute atomic E-state index is 12.4. The monoisotopic (exact) mass is 467 g/mol. The van der Waals surface area contributed by atoms with E-state index < -0.39 is 16.1 Å². The Morgan fingerprint density at radius 1 is 1.21 bits per heavy atom. The zero-order chi connectivity index (χ0) is 20.5. The molecule has 1 heterocycles. The lowest BCUT2D eigenvalue weighted by Crippen LogP contribution is -2.35. The van der Waals surface area contributed by atoms with Gasteiger partial charge in [-0.2, -0.15) is 0 Å². The number of nitrogens with one attached hydrogen (secondary N) is 1. The summed E-state index contributed by atoms with van der Waals surface area (Å²) in [6.07, 6.45) is -0.900. The zero-order valence-electron chi connectivity index (χ0n) is 15.3. The van der Waals surface area contributed by atoms with Gasteiger partial charge in [0, 0.05) is 24.3 Å². The maximum Gasteiger partial charge on any atom is 0.267 e. The van der Waals surface area contributed by atoms with Crippen LogP contribution in [0.15, 0.2) is 51.8 Å². The van der Waals surface area contributed by atoms with Crippen molar-refractivity contribution in [3.63, 3.8) is 0 Å². The smallest absolute Gasteiger partial charge is 0.267 e. The quantitative estimate of drug-likeness (QED) is 0.593. The van der Waals surface area contributed by atoms with Crippen molar-refractivity contribution >= 4 is 48.6 Å². The standard InChI is InChI=1S/C17H18BrN5O4S/c1-11(17(24)19-13-6-4-12(18)5-7-13)27-23-16-10-14(28(25,26)22(2)3)8-9-15(16)20-21-23/h4-11H,1-3H3,(H,19,24). The lowest BCUT2D eigenvalue weighted by Gasteiger charge is -2.14. The van der Waals surface area contributed by atoms with Crippen molar-refractivity contribution in [3.05, 3.63) is 46.9 Å². The summed E-state index contributed by atoms with van der Waals surface area (Å²) in [7, 11) is -0.737. The van der Waals surface area contributed by atoms with E-state index in [1.807, 2.05) is 0 Å². The van der Waals surface area contributed by atoms with Crippen molar-refractivity contribution in [2.75, 3.05) is 19.4 Å². The summed E-state index contributed by atoms with van der Waals surface area (Å²) in [5, 5.41) is 10.5. The number of rotatable bonds is 6. The number of halogens is 1. The van der Waals surface area contributed by atoms with Crippen LogP contribution in [0.1, 0.15) is 6.92 Å². The number of hydrogen-bond donors (Lipinski definition) is 1. The average molecular weight is 468 g/mol. The van der Waals surface area contributed by atoms with Gasteiger partial charge in [0.25, 0.3) is 5.91 Å². The van der Waals surface area contributed by atoms with Crippen LogP contribution >= 0.6 is 15.9 Å². The fourth-order valence-electron chi connectivity index (χ4n) is 2.30. The molecule has 0 radical (unpaired) electrons. The number of hydrogen-bond acceptors (Lipinski definition) is 6. The molecule has 2 aromatic carbocycles. The van der Waals surface area contributed by atoms with Crippen LogP contribution in [0.4, 0.5) is 5.69 Å². The molecule has 0 saturated carbocycles. The lowest BCUT2D eigenvalue weighted by atomic mass is 10.3. The maximum atomic E-state index is 12.4. The average Bonchev–Trinajstić information content (AvgIpc) is 3.05. The Kier molecular flexibility index (Phi) is 5.68. The number of carbonyl (C=O) groups is 1. The summed E-state index contributed by atoms with van der Waals surface area (Å²) in [5.74, 6) is -0.386. The molecule has 9 nitrogen and oxygen atoms in total. The summed E-state index contributed by atoms with van der Waals surface area (Å²) in [5.41, 5.74) is 1.40. The number of benzene rings is 2. The van der Waals surface area contributed by atoms with Crippen LogP contribution < -0.4 is 10.2 Å². The highest BCUT2D eigenvalue weighted by Gasteiger charge is 2.21. The Morgan fingerprint density at radius 3 is 2.54 bits per heavy atom. The molecule has 1 aromatic heterocycles. The Morgan fingerprint density at radius 2 is 1.89 bits per heavy atom. The van der Waals surface area contributed by atoms with Crippen LogP contribution in [0.25, 0.3) is 11.0 Å². The molecular formula is C17H18BrN5O4S. The molecular weight excluding hydrogens is 450 g/mol. The Balaban J connectivity index is 1.81. The second kappa shape index (κ2) is 7.86. The molecule has 0 saturated heterocycles. The molecule has 1 atom stereocenters. The molecule has 0 aliphatic heterocycles. The van der Waals surface area contributed by atoms with E-state index in [-0.39, 0.29) is 10.8 Å². The van der Waals surface area contributed by atoms with Crippen molar-refractivity contribution in [2.45, 2.75) is 17.9 Å². The van der Waals surface area contributed by atoms with Gasteiger partial charge in [-0.3, -0.25) is 4.79 Å². The molecule has 0 spiro atoms. The molecule has 11 heteroatoms. The molecule has 0 bridgehead atoms. The predicted octanol–water partition coefficient (Wildman–Crippen LogP) is 1.90. The first-order valence-electron chi connectivity index (χ1n) is 8.20. The van der Waals surface area contributed by atoms with Gasteiger partial charge < -0.3 is 10.2 Å². The summed E-state index contributed by atoms with van der Waals surface area (Å²) in [6.45, 7) is 1.56. The summed E-state index contributed by atoms with van der Waals surface area (Å²) in [4.78, 5) is 19.1. The van der Waals surface area contributed by atoms with Crippen LogP contribution in [0.2, 0.25) is 0 Å². The van der Waals surface area contributed by atoms with E-state index in [0.29, 0.717) is 16.7 Å². The van der Waals surface area contributed by atoms with E-state index in [1.165, 1.54) is 32.3 Å².